The predicted octanol–water partition coefficient (Wildman–Crippen LogP) is 3.35. The van der Waals surface area contributed by atoms with Crippen LogP contribution in [0.1, 0.15) is 24.2 Å². The van der Waals surface area contributed by atoms with E-state index in [0.717, 1.165) is 17.8 Å². The minimum absolute atomic E-state index is 0.0719. The smallest absolute Gasteiger partial charge is 0.194 e. The van der Waals surface area contributed by atoms with Crippen LogP contribution in [0.25, 0.3) is 0 Å². The monoisotopic (exact) mass is 266 g/mol. The average molecular weight is 266 g/mol. The first-order valence-corrected chi connectivity index (χ1v) is 5.85. The molecule has 1 N–H and O–H groups in total. The Bertz CT molecular complexity index is 535. The molecule has 0 fully saturated rings. The van der Waals surface area contributed by atoms with Gasteiger partial charge >= 0.3 is 0 Å². The first kappa shape index (κ1) is 13.5. The molecule has 0 bridgehead atoms. The van der Waals surface area contributed by atoms with Crippen LogP contribution in [-0.4, -0.2) is 4.98 Å². The summed E-state index contributed by atoms with van der Waals surface area (Å²) in [5.74, 6) is -3.80. The number of pyridine rings is 1. The fourth-order valence-electron chi connectivity index (χ4n) is 1.72. The molecule has 0 amide bonds. The van der Waals surface area contributed by atoms with Gasteiger partial charge in [-0.2, -0.15) is 0 Å². The normalized spacial score (nSPS) is 12.4. The van der Waals surface area contributed by atoms with Crippen LogP contribution >= 0.6 is 0 Å². The van der Waals surface area contributed by atoms with Crippen molar-refractivity contribution in [3.05, 3.63) is 65.2 Å². The molecule has 1 heterocycles. The van der Waals surface area contributed by atoms with Crippen molar-refractivity contribution in [1.82, 2.24) is 10.3 Å². The molecule has 0 aliphatic carbocycles. The number of nitrogens with one attached hydrogen (secondary N) is 1. The minimum atomic E-state index is -1.44. The molecule has 0 aliphatic rings. The van der Waals surface area contributed by atoms with Crippen LogP contribution in [0.2, 0.25) is 0 Å². The van der Waals surface area contributed by atoms with Crippen LogP contribution in [0, 0.1) is 17.5 Å². The fraction of sp³-hybridized carbons (Fsp3) is 0.214. The summed E-state index contributed by atoms with van der Waals surface area (Å²) < 4.78 is 38.9. The first-order valence-electron chi connectivity index (χ1n) is 5.85. The van der Waals surface area contributed by atoms with Crippen molar-refractivity contribution < 1.29 is 13.2 Å². The number of aromatic nitrogens is 1. The Morgan fingerprint density at radius 2 is 1.84 bits per heavy atom. The highest BCUT2D eigenvalue weighted by molar-refractivity contribution is 5.19. The molecule has 100 valence electrons. The largest absolute Gasteiger partial charge is 0.305 e. The third-order valence-electron chi connectivity index (χ3n) is 2.79. The second-order valence-electron chi connectivity index (χ2n) is 4.23. The molecule has 2 nitrogen and oxygen atoms in total. The molecule has 0 unspecified atom stereocenters. The molecule has 2 rings (SSSR count). The Balaban J connectivity index is 2.03. The molecule has 1 aromatic heterocycles. The summed E-state index contributed by atoms with van der Waals surface area (Å²) in [6.45, 7) is 2.12. The Morgan fingerprint density at radius 3 is 2.42 bits per heavy atom. The Hall–Kier alpha value is -1.88. The average Bonchev–Trinajstić information content (AvgIpc) is 2.43. The number of rotatable bonds is 4. The predicted molar refractivity (Wildman–Crippen MR) is 65.8 cm³/mol. The lowest BCUT2D eigenvalue weighted by molar-refractivity contribution is 0.443. The van der Waals surface area contributed by atoms with Gasteiger partial charge in [-0.15, -0.1) is 0 Å². The SMILES string of the molecule is C[C@@H](NCc1cc(F)c(F)c(F)c1)c1ccccn1. The first-order chi connectivity index (χ1) is 9.08. The Labute approximate surface area is 109 Å². The maximum absolute atomic E-state index is 13.0. The van der Waals surface area contributed by atoms with Gasteiger partial charge in [-0.05, 0) is 36.8 Å². The van der Waals surface area contributed by atoms with E-state index in [1.807, 2.05) is 19.1 Å². The van der Waals surface area contributed by atoms with E-state index in [1.54, 1.807) is 12.3 Å². The molecule has 1 atom stereocenters. The molecule has 5 heteroatoms. The van der Waals surface area contributed by atoms with Crippen molar-refractivity contribution in [3.8, 4) is 0 Å². The summed E-state index contributed by atoms with van der Waals surface area (Å²) in [5, 5.41) is 3.07. The highest BCUT2D eigenvalue weighted by atomic mass is 19.2. The van der Waals surface area contributed by atoms with E-state index < -0.39 is 17.5 Å². The van der Waals surface area contributed by atoms with Crippen LogP contribution in [0.5, 0.6) is 0 Å². The lowest BCUT2D eigenvalue weighted by Gasteiger charge is -2.13. The highest BCUT2D eigenvalue weighted by Crippen LogP contribution is 2.15. The summed E-state index contributed by atoms with van der Waals surface area (Å²) >= 11 is 0. The molecule has 0 radical (unpaired) electrons. The standard InChI is InChI=1S/C14H13F3N2/c1-9(13-4-2-3-5-18-13)19-8-10-6-11(15)14(17)12(16)7-10/h2-7,9,19H,8H2,1H3/t9-/m1/s1. The number of hydrogen-bond acceptors (Lipinski definition) is 2. The van der Waals surface area contributed by atoms with E-state index >= 15 is 0 Å². The number of hydrogen-bond donors (Lipinski definition) is 1. The van der Waals surface area contributed by atoms with Gasteiger partial charge in [-0.1, -0.05) is 6.07 Å². The highest BCUT2D eigenvalue weighted by Gasteiger charge is 2.11. The molecular weight excluding hydrogens is 253 g/mol. The van der Waals surface area contributed by atoms with Crippen LogP contribution < -0.4 is 5.32 Å². The second kappa shape index (κ2) is 5.84. The molecule has 2 aromatic rings. The van der Waals surface area contributed by atoms with Gasteiger partial charge in [0.1, 0.15) is 0 Å². The number of benzene rings is 1. The van der Waals surface area contributed by atoms with Crippen molar-refractivity contribution in [2.45, 2.75) is 19.5 Å². The van der Waals surface area contributed by atoms with E-state index in [0.29, 0.717) is 5.56 Å². The number of halogens is 3. The van der Waals surface area contributed by atoms with Crippen molar-refractivity contribution in [2.75, 3.05) is 0 Å². The van der Waals surface area contributed by atoms with E-state index in [-0.39, 0.29) is 12.6 Å². The molecule has 0 spiro atoms. The van der Waals surface area contributed by atoms with Gasteiger partial charge < -0.3 is 5.32 Å². The molecule has 0 aliphatic heterocycles. The molecule has 0 saturated carbocycles. The van der Waals surface area contributed by atoms with Crippen molar-refractivity contribution in [3.63, 3.8) is 0 Å². The van der Waals surface area contributed by atoms with Crippen molar-refractivity contribution in [1.29, 1.82) is 0 Å². The minimum Gasteiger partial charge on any atom is -0.305 e. The molecule has 19 heavy (non-hydrogen) atoms. The Kier molecular flexibility index (Phi) is 4.16. The van der Waals surface area contributed by atoms with E-state index in [9.17, 15) is 13.2 Å². The zero-order valence-corrected chi connectivity index (χ0v) is 10.3. The maximum atomic E-state index is 13.0. The van der Waals surface area contributed by atoms with Gasteiger partial charge in [-0.3, -0.25) is 4.98 Å². The third kappa shape index (κ3) is 3.32. The van der Waals surface area contributed by atoms with Gasteiger partial charge in [0, 0.05) is 18.8 Å². The van der Waals surface area contributed by atoms with Gasteiger partial charge in [0.2, 0.25) is 0 Å². The van der Waals surface area contributed by atoms with Gasteiger partial charge in [0.05, 0.1) is 5.69 Å². The van der Waals surface area contributed by atoms with Crippen LogP contribution in [0.3, 0.4) is 0 Å². The molecular formula is C14H13F3N2. The number of nitrogens with zero attached hydrogens (tertiary/aromatic N) is 1. The van der Waals surface area contributed by atoms with E-state index in [2.05, 4.69) is 10.3 Å². The summed E-state index contributed by atoms with van der Waals surface area (Å²) in [6, 6.07) is 7.41. The quantitative estimate of drug-likeness (QED) is 0.858. The fourth-order valence-corrected chi connectivity index (χ4v) is 1.72. The molecule has 0 saturated heterocycles. The zero-order valence-electron chi connectivity index (χ0n) is 10.3. The lowest BCUT2D eigenvalue weighted by atomic mass is 10.1. The molecule has 1 aromatic carbocycles. The van der Waals surface area contributed by atoms with E-state index in [4.69, 9.17) is 0 Å². The van der Waals surface area contributed by atoms with Crippen molar-refractivity contribution in [2.24, 2.45) is 0 Å². The Morgan fingerprint density at radius 1 is 1.16 bits per heavy atom. The van der Waals surface area contributed by atoms with Gasteiger partial charge in [-0.25, -0.2) is 13.2 Å². The second-order valence-corrected chi connectivity index (χ2v) is 4.23. The summed E-state index contributed by atoms with van der Waals surface area (Å²) in [6.07, 6.45) is 1.67. The maximum Gasteiger partial charge on any atom is 0.194 e. The van der Waals surface area contributed by atoms with Crippen LogP contribution in [0.15, 0.2) is 36.5 Å². The third-order valence-corrected chi connectivity index (χ3v) is 2.79. The topological polar surface area (TPSA) is 24.9 Å². The van der Waals surface area contributed by atoms with E-state index in [1.165, 1.54) is 0 Å². The lowest BCUT2D eigenvalue weighted by Crippen LogP contribution is -2.19. The zero-order chi connectivity index (χ0) is 13.8. The summed E-state index contributed by atoms with van der Waals surface area (Å²) in [7, 11) is 0. The van der Waals surface area contributed by atoms with Gasteiger partial charge in [0.25, 0.3) is 0 Å². The van der Waals surface area contributed by atoms with Gasteiger partial charge in [0.15, 0.2) is 17.5 Å². The van der Waals surface area contributed by atoms with Crippen LogP contribution in [-0.2, 0) is 6.54 Å². The summed E-state index contributed by atoms with van der Waals surface area (Å²) in [4.78, 5) is 4.17. The van der Waals surface area contributed by atoms with Crippen molar-refractivity contribution >= 4 is 0 Å². The van der Waals surface area contributed by atoms with Crippen LogP contribution in [0.4, 0.5) is 13.2 Å². The summed E-state index contributed by atoms with van der Waals surface area (Å²) in [5.41, 5.74) is 1.17.